The molecule has 0 aliphatic carbocycles. The molecule has 2 saturated heterocycles. The van der Waals surface area contributed by atoms with Crippen molar-refractivity contribution in [1.29, 1.82) is 0 Å². The fourth-order valence-corrected chi connectivity index (χ4v) is 5.18. The summed E-state index contributed by atoms with van der Waals surface area (Å²) < 4.78 is 26.8. The number of hydrogen-bond acceptors (Lipinski definition) is 5. The van der Waals surface area contributed by atoms with E-state index in [2.05, 4.69) is 0 Å². The first kappa shape index (κ1) is 18.1. The van der Waals surface area contributed by atoms with Crippen LogP contribution in [-0.4, -0.2) is 43.8 Å². The molecule has 2 aliphatic rings. The predicted molar refractivity (Wildman–Crippen MR) is 96.4 cm³/mol. The zero-order valence-electron chi connectivity index (χ0n) is 14.4. The van der Waals surface area contributed by atoms with Crippen LogP contribution in [0.3, 0.4) is 0 Å². The number of nitro benzene ring substituents is 1. The molecule has 0 N–H and O–H groups in total. The van der Waals surface area contributed by atoms with Gasteiger partial charge in [0.25, 0.3) is 5.69 Å². The summed E-state index contributed by atoms with van der Waals surface area (Å²) in [5.41, 5.74) is 0.424. The lowest BCUT2D eigenvalue weighted by atomic mass is 10.1. The average Bonchev–Trinajstić information content (AvgIpc) is 3.09. The molecule has 7 nitrogen and oxygen atoms in total. The zero-order valence-corrected chi connectivity index (χ0v) is 15.2. The summed E-state index contributed by atoms with van der Waals surface area (Å²) in [5.74, 6) is 0. The minimum absolute atomic E-state index is 0.0249. The summed E-state index contributed by atoms with van der Waals surface area (Å²) in [6.07, 6.45) is 7.16. The maximum Gasteiger partial charge on any atom is 0.293 e. The Bertz CT molecular complexity index is 721. The van der Waals surface area contributed by atoms with E-state index in [1.807, 2.05) is 4.90 Å². The van der Waals surface area contributed by atoms with Gasteiger partial charge in [0.05, 0.1) is 9.82 Å². The highest BCUT2D eigenvalue weighted by Crippen LogP contribution is 2.33. The summed E-state index contributed by atoms with van der Waals surface area (Å²) in [4.78, 5) is 13.2. The van der Waals surface area contributed by atoms with Crippen molar-refractivity contribution >= 4 is 21.4 Å². The smallest absolute Gasteiger partial charge is 0.293 e. The second kappa shape index (κ2) is 7.70. The van der Waals surface area contributed by atoms with Crippen molar-refractivity contribution in [2.75, 3.05) is 31.1 Å². The fourth-order valence-electron chi connectivity index (χ4n) is 3.64. The minimum atomic E-state index is -3.64. The van der Waals surface area contributed by atoms with Gasteiger partial charge in [-0.15, -0.1) is 0 Å². The molecule has 8 heteroatoms. The van der Waals surface area contributed by atoms with E-state index in [9.17, 15) is 18.5 Å². The van der Waals surface area contributed by atoms with Crippen LogP contribution in [0.1, 0.15) is 44.9 Å². The zero-order chi connectivity index (χ0) is 17.9. The average molecular weight is 367 g/mol. The number of benzene rings is 1. The highest BCUT2D eigenvalue weighted by Gasteiger charge is 2.30. The van der Waals surface area contributed by atoms with E-state index in [1.54, 1.807) is 6.07 Å². The van der Waals surface area contributed by atoms with E-state index >= 15 is 0 Å². The van der Waals surface area contributed by atoms with Crippen LogP contribution >= 0.6 is 0 Å². The molecule has 0 spiro atoms. The fraction of sp³-hybridized carbons (Fsp3) is 0.647. The number of nitro groups is 1. The molecule has 0 radical (unpaired) electrons. The third-order valence-corrected chi connectivity index (χ3v) is 6.94. The molecule has 0 amide bonds. The Kier molecular flexibility index (Phi) is 5.58. The Hall–Kier alpha value is -1.67. The van der Waals surface area contributed by atoms with Gasteiger partial charge in [0.15, 0.2) is 0 Å². The van der Waals surface area contributed by atoms with E-state index in [1.165, 1.54) is 22.9 Å². The van der Waals surface area contributed by atoms with Crippen LogP contribution in [0, 0.1) is 10.1 Å². The molecule has 3 rings (SSSR count). The van der Waals surface area contributed by atoms with Crippen molar-refractivity contribution in [2.24, 2.45) is 0 Å². The molecule has 138 valence electrons. The minimum Gasteiger partial charge on any atom is -0.366 e. The monoisotopic (exact) mass is 367 g/mol. The molecular formula is C17H25N3O4S. The van der Waals surface area contributed by atoms with Crippen LogP contribution < -0.4 is 4.90 Å². The molecule has 0 atom stereocenters. The van der Waals surface area contributed by atoms with Crippen molar-refractivity contribution in [3.05, 3.63) is 28.3 Å². The van der Waals surface area contributed by atoms with Crippen LogP contribution in [0.2, 0.25) is 0 Å². The number of nitrogens with zero attached hydrogens (tertiary/aromatic N) is 3. The number of rotatable bonds is 4. The Labute approximate surface area is 148 Å². The first-order valence-corrected chi connectivity index (χ1v) is 10.5. The van der Waals surface area contributed by atoms with Crippen molar-refractivity contribution in [2.45, 2.75) is 49.8 Å². The van der Waals surface area contributed by atoms with Gasteiger partial charge in [-0.05, 0) is 37.8 Å². The summed E-state index contributed by atoms with van der Waals surface area (Å²) in [7, 11) is -3.64. The van der Waals surface area contributed by atoms with E-state index < -0.39 is 14.9 Å². The second-order valence-corrected chi connectivity index (χ2v) is 8.71. The molecule has 2 heterocycles. The van der Waals surface area contributed by atoms with Crippen molar-refractivity contribution in [1.82, 2.24) is 4.31 Å². The van der Waals surface area contributed by atoms with Gasteiger partial charge in [0, 0.05) is 32.2 Å². The second-order valence-electron chi connectivity index (χ2n) is 6.77. The third kappa shape index (κ3) is 3.95. The molecule has 0 saturated carbocycles. The number of sulfonamides is 1. The number of hydrogen-bond donors (Lipinski definition) is 0. The normalized spacial score (nSPS) is 20.2. The van der Waals surface area contributed by atoms with Gasteiger partial charge in [0.2, 0.25) is 10.0 Å². The molecular weight excluding hydrogens is 342 g/mol. The maximum atomic E-state index is 12.7. The molecule has 1 aromatic carbocycles. The lowest BCUT2D eigenvalue weighted by Gasteiger charge is -2.27. The first-order valence-electron chi connectivity index (χ1n) is 9.04. The van der Waals surface area contributed by atoms with Gasteiger partial charge < -0.3 is 4.90 Å². The first-order chi connectivity index (χ1) is 12.0. The molecule has 0 unspecified atom stereocenters. The van der Waals surface area contributed by atoms with Crippen LogP contribution in [0.25, 0.3) is 0 Å². The van der Waals surface area contributed by atoms with Crippen LogP contribution in [0.15, 0.2) is 23.1 Å². The van der Waals surface area contributed by atoms with Gasteiger partial charge >= 0.3 is 0 Å². The molecule has 2 aliphatic heterocycles. The molecule has 25 heavy (non-hydrogen) atoms. The Balaban J connectivity index is 1.94. The Morgan fingerprint density at radius 1 is 0.880 bits per heavy atom. The van der Waals surface area contributed by atoms with E-state index in [0.717, 1.165) is 51.6 Å². The van der Waals surface area contributed by atoms with E-state index in [0.29, 0.717) is 18.8 Å². The van der Waals surface area contributed by atoms with Gasteiger partial charge in [-0.3, -0.25) is 10.1 Å². The van der Waals surface area contributed by atoms with E-state index in [4.69, 9.17) is 0 Å². The largest absolute Gasteiger partial charge is 0.366 e. The van der Waals surface area contributed by atoms with Gasteiger partial charge in [-0.25, -0.2) is 8.42 Å². The molecule has 2 fully saturated rings. The number of anilines is 1. The SMILES string of the molecule is O=[N+]([O-])c1cc(S(=O)(=O)N2CCCC2)ccc1N1CCCCCCC1. The predicted octanol–water partition coefficient (Wildman–Crippen LogP) is 3.15. The highest BCUT2D eigenvalue weighted by molar-refractivity contribution is 7.89. The quantitative estimate of drug-likeness (QED) is 0.603. The lowest BCUT2D eigenvalue weighted by Crippen LogP contribution is -2.29. The highest BCUT2D eigenvalue weighted by atomic mass is 32.2. The van der Waals surface area contributed by atoms with Crippen molar-refractivity contribution in [3.63, 3.8) is 0 Å². The van der Waals surface area contributed by atoms with Crippen LogP contribution in [0.4, 0.5) is 11.4 Å². The summed E-state index contributed by atoms with van der Waals surface area (Å²) >= 11 is 0. The van der Waals surface area contributed by atoms with Crippen LogP contribution in [-0.2, 0) is 10.0 Å². The van der Waals surface area contributed by atoms with Crippen molar-refractivity contribution < 1.29 is 13.3 Å². The third-order valence-electron chi connectivity index (χ3n) is 5.04. The molecule has 0 aromatic heterocycles. The molecule has 0 bridgehead atoms. The van der Waals surface area contributed by atoms with Gasteiger partial charge in [-0.2, -0.15) is 4.31 Å². The topological polar surface area (TPSA) is 83.8 Å². The van der Waals surface area contributed by atoms with E-state index in [-0.39, 0.29) is 10.6 Å². The molecule has 1 aromatic rings. The Morgan fingerprint density at radius 2 is 1.44 bits per heavy atom. The lowest BCUT2D eigenvalue weighted by molar-refractivity contribution is -0.384. The maximum absolute atomic E-state index is 12.7. The van der Waals surface area contributed by atoms with Gasteiger partial charge in [0.1, 0.15) is 5.69 Å². The van der Waals surface area contributed by atoms with Crippen LogP contribution in [0.5, 0.6) is 0 Å². The summed E-state index contributed by atoms with van der Waals surface area (Å²) in [6.45, 7) is 2.53. The summed E-state index contributed by atoms with van der Waals surface area (Å²) in [5, 5.41) is 11.6. The van der Waals surface area contributed by atoms with Gasteiger partial charge in [-0.1, -0.05) is 19.3 Å². The summed E-state index contributed by atoms with van der Waals surface area (Å²) in [6, 6.07) is 4.37. The standard InChI is InChI=1S/C17H25N3O4S/c21-20(22)17-14-15(25(23,24)19-12-6-7-13-19)8-9-16(17)18-10-4-2-1-3-5-11-18/h8-9,14H,1-7,10-13H2. The van der Waals surface area contributed by atoms with Crippen molar-refractivity contribution in [3.8, 4) is 0 Å². The Morgan fingerprint density at radius 3 is 2.04 bits per heavy atom.